The number of hydrogen-bond acceptors (Lipinski definition) is 15. The smallest absolute Gasteiger partial charge is 0.327 e. The number of nitrogens with two attached hydrogens (primary N) is 5. The summed E-state index contributed by atoms with van der Waals surface area (Å²) in [7, 11) is 0. The topological polar surface area (TPSA) is 419 Å². The molecular weight excluding hydrogens is 903 g/mol. The van der Waals surface area contributed by atoms with Gasteiger partial charge in [-0.25, -0.2) is 4.79 Å². The van der Waals surface area contributed by atoms with Gasteiger partial charge in [-0.05, 0) is 141 Å². The Morgan fingerprint density at radius 1 is 0.574 bits per heavy atom. The normalized spacial score (nSPS) is 16.4. The molecule has 1 aliphatic rings. The fourth-order valence-corrected chi connectivity index (χ4v) is 7.60. The van der Waals surface area contributed by atoms with Gasteiger partial charge in [0, 0.05) is 12.3 Å². The number of carboxylic acid groups (broad SMARTS) is 1. The Hall–Kier alpha value is -4.82. The van der Waals surface area contributed by atoms with Crippen molar-refractivity contribution >= 4 is 65.9 Å². The van der Waals surface area contributed by atoms with Crippen LogP contribution in [0.4, 0.5) is 0 Å². The summed E-state index contributed by atoms with van der Waals surface area (Å²) in [4.78, 5) is 108. The van der Waals surface area contributed by atoms with Crippen LogP contribution in [0.25, 0.3) is 0 Å². The van der Waals surface area contributed by atoms with E-state index in [9.17, 15) is 43.5 Å². The molecule has 1 heterocycles. The van der Waals surface area contributed by atoms with E-state index in [0.717, 1.165) is 6.42 Å². The monoisotopic (exact) mass is 986 g/mol. The van der Waals surface area contributed by atoms with Crippen molar-refractivity contribution in [1.29, 1.82) is 5.41 Å². The summed E-state index contributed by atoms with van der Waals surface area (Å²) in [6.07, 6.45) is 6.20. The van der Waals surface area contributed by atoms with Crippen LogP contribution in [0.2, 0.25) is 0 Å². The molecule has 25 heteroatoms. The Morgan fingerprint density at radius 2 is 0.941 bits per heavy atom. The Bertz CT molecular complexity index is 1590. The third-order valence-electron chi connectivity index (χ3n) is 11.4. The number of amides is 7. The summed E-state index contributed by atoms with van der Waals surface area (Å²) in [6, 6.07) is -8.79. The van der Waals surface area contributed by atoms with Crippen LogP contribution < -0.4 is 76.5 Å². The molecule has 0 bridgehead atoms. The minimum atomic E-state index is -1.32. The third-order valence-corrected chi connectivity index (χ3v) is 11.7. The van der Waals surface area contributed by atoms with Crippen molar-refractivity contribution in [3.05, 3.63) is 0 Å². The highest BCUT2D eigenvalue weighted by atomic mass is 32.1. The van der Waals surface area contributed by atoms with Gasteiger partial charge in [0.2, 0.25) is 41.4 Å². The maximum atomic E-state index is 14.3. The zero-order valence-electron chi connectivity index (χ0n) is 40.0. The lowest BCUT2D eigenvalue weighted by Gasteiger charge is -2.29. The summed E-state index contributed by atoms with van der Waals surface area (Å²) >= 11 is 3.99. The fraction of sp³-hybridized carbons (Fsp3) is 0.791. The average Bonchev–Trinajstić information content (AvgIpc) is 3.85. The molecule has 0 unspecified atom stereocenters. The van der Waals surface area contributed by atoms with Crippen LogP contribution >= 0.6 is 12.6 Å². The Balaban J connectivity index is 3.48. The maximum absolute atomic E-state index is 14.3. The van der Waals surface area contributed by atoms with Gasteiger partial charge < -0.3 is 81.6 Å². The van der Waals surface area contributed by atoms with Crippen LogP contribution in [-0.2, 0) is 38.4 Å². The van der Waals surface area contributed by atoms with E-state index in [1.165, 1.54) is 0 Å². The molecule has 1 rings (SSSR count). The van der Waals surface area contributed by atoms with Crippen molar-refractivity contribution in [2.75, 3.05) is 45.0 Å². The van der Waals surface area contributed by atoms with E-state index < -0.39 is 95.7 Å². The largest absolute Gasteiger partial charge is 0.480 e. The second-order valence-corrected chi connectivity index (χ2v) is 17.8. The number of carbonyl (C=O) groups is 8. The Morgan fingerprint density at radius 3 is 1.26 bits per heavy atom. The minimum Gasteiger partial charge on any atom is -0.480 e. The second kappa shape index (κ2) is 35.3. The number of guanidine groups is 1. The zero-order chi connectivity index (χ0) is 51.0. The number of carboxylic acids is 1. The van der Waals surface area contributed by atoms with Gasteiger partial charge in [-0.15, -0.1) is 0 Å². The van der Waals surface area contributed by atoms with E-state index >= 15 is 0 Å². The summed E-state index contributed by atoms with van der Waals surface area (Å²) in [6.45, 7) is 5.44. The van der Waals surface area contributed by atoms with E-state index in [0.29, 0.717) is 90.5 Å². The minimum absolute atomic E-state index is 0.0127. The fourth-order valence-electron chi connectivity index (χ4n) is 7.35. The molecule has 7 amide bonds. The SMILES string of the molecule is CC(C)[C@H](NC(=O)[C@H](CCCCN)NC(=O)[C@H](CCCNC(=N)N)NC(=O)[C@H](CCCCN)NC(=O)[C@H](CCCCN)NC(=O)[C@H](CCCCN)NC(=O)[C@@H]1CCCN1)C(=O)N[C@@H](CS)C(=O)O. The summed E-state index contributed by atoms with van der Waals surface area (Å²) in [5.41, 5.74) is 28.4. The van der Waals surface area contributed by atoms with E-state index in [2.05, 4.69) is 60.5 Å². The molecule has 68 heavy (non-hydrogen) atoms. The first kappa shape index (κ1) is 61.2. The van der Waals surface area contributed by atoms with Gasteiger partial charge in [-0.1, -0.05) is 13.8 Å². The number of nitrogens with one attached hydrogen (secondary N) is 10. The molecule has 21 N–H and O–H groups in total. The second-order valence-electron chi connectivity index (χ2n) is 17.4. The standard InChI is InChI=1S/C43H83N15O9S/c1-26(2)34(41(65)57-33(25-68)42(66)67)58-40(64)31(16-6-10-22-47)55-39(63)32(18-12-24-51-43(48)49)56-38(62)30(15-5-9-21-46)54-37(61)29(14-4-8-20-45)53-36(60)28(13-3-7-19-44)52-35(59)27-17-11-23-50-27/h26-34,50,68H,3-25,44-47H2,1-2H3,(H,52,59)(H,53,60)(H,54,61)(H,55,63)(H,56,62)(H,57,65)(H,58,64)(H,66,67)(H4,48,49,51)/t27-,28-,29-,30-,31-,32-,33-,34-/m0/s1. The maximum Gasteiger partial charge on any atom is 0.327 e. The summed E-state index contributed by atoms with van der Waals surface area (Å²) < 4.78 is 0. The number of carbonyl (C=O) groups excluding carboxylic acids is 7. The molecule has 0 aliphatic carbocycles. The van der Waals surface area contributed by atoms with E-state index in [-0.39, 0.29) is 62.7 Å². The molecule has 0 spiro atoms. The van der Waals surface area contributed by atoms with Gasteiger partial charge in [-0.3, -0.25) is 39.0 Å². The molecular formula is C43H83N15O9S. The van der Waals surface area contributed by atoms with Crippen LogP contribution in [0.3, 0.4) is 0 Å². The van der Waals surface area contributed by atoms with E-state index in [4.69, 9.17) is 34.1 Å². The molecule has 1 aliphatic heterocycles. The highest BCUT2D eigenvalue weighted by molar-refractivity contribution is 7.80. The molecule has 0 saturated carbocycles. The highest BCUT2D eigenvalue weighted by Crippen LogP contribution is 2.12. The van der Waals surface area contributed by atoms with Crippen LogP contribution in [-0.4, -0.2) is 152 Å². The summed E-state index contributed by atoms with van der Waals surface area (Å²) in [5.74, 6) is -6.92. The lowest BCUT2D eigenvalue weighted by Crippen LogP contribution is -2.60. The van der Waals surface area contributed by atoms with Crippen LogP contribution in [0.5, 0.6) is 0 Å². The van der Waals surface area contributed by atoms with E-state index in [1.54, 1.807) is 13.8 Å². The van der Waals surface area contributed by atoms with Gasteiger partial charge >= 0.3 is 5.97 Å². The number of thiol groups is 1. The van der Waals surface area contributed by atoms with Crippen molar-refractivity contribution in [3.8, 4) is 0 Å². The molecule has 0 aromatic carbocycles. The first-order chi connectivity index (χ1) is 32.4. The van der Waals surface area contributed by atoms with Crippen molar-refractivity contribution in [2.45, 2.75) is 165 Å². The predicted octanol–water partition coefficient (Wildman–Crippen LogP) is -3.42. The zero-order valence-corrected chi connectivity index (χ0v) is 40.9. The first-order valence-electron chi connectivity index (χ1n) is 24.0. The average molecular weight is 986 g/mol. The van der Waals surface area contributed by atoms with Crippen molar-refractivity contribution in [1.82, 2.24) is 47.9 Å². The molecule has 24 nitrogen and oxygen atoms in total. The van der Waals surface area contributed by atoms with Crippen LogP contribution in [0.1, 0.15) is 117 Å². The molecule has 1 fully saturated rings. The van der Waals surface area contributed by atoms with Crippen molar-refractivity contribution in [3.63, 3.8) is 0 Å². The molecule has 8 atom stereocenters. The van der Waals surface area contributed by atoms with Gasteiger partial charge in [0.25, 0.3) is 0 Å². The first-order valence-corrected chi connectivity index (χ1v) is 24.6. The Labute approximate surface area is 406 Å². The molecule has 1 saturated heterocycles. The lowest BCUT2D eigenvalue weighted by atomic mass is 10.0. The van der Waals surface area contributed by atoms with Crippen molar-refractivity contribution < 1.29 is 43.5 Å². The van der Waals surface area contributed by atoms with Gasteiger partial charge in [0.05, 0.1) is 6.04 Å². The number of hydrogen-bond donors (Lipinski definition) is 17. The lowest BCUT2D eigenvalue weighted by molar-refractivity contribution is -0.142. The third kappa shape index (κ3) is 24.5. The quantitative estimate of drug-likeness (QED) is 0.0125. The van der Waals surface area contributed by atoms with Gasteiger partial charge in [0.1, 0.15) is 42.3 Å². The predicted molar refractivity (Wildman–Crippen MR) is 262 cm³/mol. The van der Waals surface area contributed by atoms with Crippen LogP contribution in [0.15, 0.2) is 0 Å². The number of unbranched alkanes of at least 4 members (excludes halogenated alkanes) is 4. The van der Waals surface area contributed by atoms with Gasteiger partial charge in [0.15, 0.2) is 5.96 Å². The molecule has 0 aromatic heterocycles. The number of rotatable bonds is 37. The number of aliphatic carboxylic acids is 1. The van der Waals surface area contributed by atoms with Crippen LogP contribution in [0, 0.1) is 11.3 Å². The Kier molecular flexibility index (Phi) is 31.8. The molecule has 390 valence electrons. The van der Waals surface area contributed by atoms with Crippen molar-refractivity contribution in [2.24, 2.45) is 34.6 Å². The molecule has 0 radical (unpaired) electrons. The van der Waals surface area contributed by atoms with E-state index in [1.807, 2.05) is 0 Å². The highest BCUT2D eigenvalue weighted by Gasteiger charge is 2.35. The molecule has 0 aromatic rings. The van der Waals surface area contributed by atoms with Gasteiger partial charge in [-0.2, -0.15) is 12.6 Å². The summed E-state index contributed by atoms with van der Waals surface area (Å²) in [5, 5.41) is 41.6.